The van der Waals surface area contributed by atoms with Crippen LogP contribution in [0.5, 0.6) is 0 Å². The Bertz CT molecular complexity index is 419. The molecule has 144 valence electrons. The van der Waals surface area contributed by atoms with E-state index in [1.807, 2.05) is 18.2 Å². The van der Waals surface area contributed by atoms with Crippen LogP contribution in [0.1, 0.15) is 107 Å². The van der Waals surface area contributed by atoms with Gasteiger partial charge < -0.3 is 4.74 Å². The predicted molar refractivity (Wildman–Crippen MR) is 114 cm³/mol. The SMILES string of the molecule is CCCCCCCCCCCCCCCCOC(=O)c1ccccc1.[NaH]. The normalized spacial score (nSPS) is 10.3. The third-order valence-corrected chi connectivity index (χ3v) is 4.74. The van der Waals surface area contributed by atoms with Crippen LogP contribution in [0.2, 0.25) is 0 Å². The third-order valence-electron chi connectivity index (χ3n) is 4.74. The van der Waals surface area contributed by atoms with Crippen molar-refractivity contribution in [1.29, 1.82) is 0 Å². The van der Waals surface area contributed by atoms with Gasteiger partial charge in [-0.05, 0) is 18.6 Å². The summed E-state index contributed by atoms with van der Waals surface area (Å²) >= 11 is 0. The van der Waals surface area contributed by atoms with Crippen molar-refractivity contribution >= 4 is 35.5 Å². The number of ether oxygens (including phenoxy) is 1. The van der Waals surface area contributed by atoms with Crippen LogP contribution < -0.4 is 0 Å². The van der Waals surface area contributed by atoms with Crippen LogP contribution in [0, 0.1) is 0 Å². The molecule has 0 heterocycles. The first-order chi connectivity index (χ1) is 12.3. The van der Waals surface area contributed by atoms with Crippen molar-refractivity contribution in [2.24, 2.45) is 0 Å². The Labute approximate surface area is 183 Å². The zero-order chi connectivity index (χ0) is 18.0. The van der Waals surface area contributed by atoms with E-state index in [0.29, 0.717) is 12.2 Å². The Morgan fingerprint density at radius 1 is 0.692 bits per heavy atom. The van der Waals surface area contributed by atoms with Gasteiger partial charge in [-0.25, -0.2) is 4.79 Å². The molecule has 3 heteroatoms. The van der Waals surface area contributed by atoms with E-state index in [4.69, 9.17) is 4.74 Å². The van der Waals surface area contributed by atoms with Gasteiger partial charge in [-0.3, -0.25) is 0 Å². The molecule has 0 aromatic heterocycles. The zero-order valence-electron chi connectivity index (χ0n) is 16.3. The van der Waals surface area contributed by atoms with Crippen LogP contribution in [0.3, 0.4) is 0 Å². The van der Waals surface area contributed by atoms with Crippen LogP contribution in [-0.2, 0) is 4.74 Å². The van der Waals surface area contributed by atoms with E-state index < -0.39 is 0 Å². The van der Waals surface area contributed by atoms with Gasteiger partial charge in [0.15, 0.2) is 0 Å². The van der Waals surface area contributed by atoms with Gasteiger partial charge in [0.2, 0.25) is 0 Å². The van der Waals surface area contributed by atoms with E-state index in [-0.39, 0.29) is 35.5 Å². The number of unbranched alkanes of at least 4 members (excludes halogenated alkanes) is 13. The van der Waals surface area contributed by atoms with Crippen LogP contribution in [0.25, 0.3) is 0 Å². The van der Waals surface area contributed by atoms with Crippen molar-refractivity contribution in [1.82, 2.24) is 0 Å². The van der Waals surface area contributed by atoms with Crippen LogP contribution in [0.15, 0.2) is 30.3 Å². The second-order valence-electron chi connectivity index (χ2n) is 7.10. The van der Waals surface area contributed by atoms with Crippen LogP contribution in [-0.4, -0.2) is 42.1 Å². The maximum absolute atomic E-state index is 11.8. The van der Waals surface area contributed by atoms with Crippen molar-refractivity contribution in [2.75, 3.05) is 6.61 Å². The minimum atomic E-state index is -0.199. The molecule has 0 radical (unpaired) electrons. The Hall–Kier alpha value is -0.310. The molecule has 0 amide bonds. The Morgan fingerprint density at radius 2 is 1.12 bits per heavy atom. The first-order valence-corrected chi connectivity index (χ1v) is 10.6. The molecular formula is C23H39NaO2. The number of rotatable bonds is 16. The van der Waals surface area contributed by atoms with E-state index in [2.05, 4.69) is 6.92 Å². The fraction of sp³-hybridized carbons (Fsp3) is 0.696. The Morgan fingerprint density at radius 3 is 1.58 bits per heavy atom. The summed E-state index contributed by atoms with van der Waals surface area (Å²) in [5.74, 6) is -0.199. The quantitative estimate of drug-likeness (QED) is 0.184. The Kier molecular flexibility index (Phi) is 19.2. The maximum atomic E-state index is 11.8. The molecule has 0 N–H and O–H groups in total. The predicted octanol–water partition coefficient (Wildman–Crippen LogP) is 6.68. The van der Waals surface area contributed by atoms with Crippen LogP contribution >= 0.6 is 0 Å². The number of carbonyl (C=O) groups excluding carboxylic acids is 1. The topological polar surface area (TPSA) is 26.3 Å². The summed E-state index contributed by atoms with van der Waals surface area (Å²) in [7, 11) is 0. The molecule has 0 aliphatic heterocycles. The van der Waals surface area contributed by atoms with Crippen molar-refractivity contribution in [2.45, 2.75) is 96.8 Å². The molecule has 0 atom stereocenters. The first-order valence-electron chi connectivity index (χ1n) is 10.6. The fourth-order valence-electron chi connectivity index (χ4n) is 3.12. The molecule has 0 saturated heterocycles. The van der Waals surface area contributed by atoms with Gasteiger partial charge >= 0.3 is 35.5 Å². The number of hydrogen-bond donors (Lipinski definition) is 0. The van der Waals surface area contributed by atoms with Gasteiger partial charge in [0, 0.05) is 0 Å². The molecule has 0 saturated carbocycles. The summed E-state index contributed by atoms with van der Waals surface area (Å²) < 4.78 is 5.30. The minimum absolute atomic E-state index is 0. The van der Waals surface area contributed by atoms with Crippen LogP contribution in [0.4, 0.5) is 0 Å². The molecule has 0 fully saturated rings. The van der Waals surface area contributed by atoms with Crippen molar-refractivity contribution < 1.29 is 9.53 Å². The summed E-state index contributed by atoms with van der Waals surface area (Å²) in [5, 5.41) is 0. The zero-order valence-corrected chi connectivity index (χ0v) is 16.3. The second-order valence-corrected chi connectivity index (χ2v) is 7.10. The van der Waals surface area contributed by atoms with Gasteiger partial charge in [-0.2, -0.15) is 0 Å². The van der Waals surface area contributed by atoms with Crippen molar-refractivity contribution in [3.05, 3.63) is 35.9 Å². The molecular weight excluding hydrogens is 331 g/mol. The Balaban J connectivity index is 0.00000625. The van der Waals surface area contributed by atoms with E-state index in [9.17, 15) is 4.79 Å². The van der Waals surface area contributed by atoms with Gasteiger partial charge in [0.05, 0.1) is 12.2 Å². The number of esters is 1. The van der Waals surface area contributed by atoms with Crippen molar-refractivity contribution in [3.8, 4) is 0 Å². The van der Waals surface area contributed by atoms with E-state index in [0.717, 1.165) is 6.42 Å². The third kappa shape index (κ3) is 14.8. The fourth-order valence-corrected chi connectivity index (χ4v) is 3.12. The molecule has 0 unspecified atom stereocenters. The molecule has 1 aromatic carbocycles. The molecule has 0 aliphatic carbocycles. The standard InChI is InChI=1S/C23H38O2.Na.H/c1-2-3-4-5-6-7-8-9-10-11-12-13-14-18-21-25-23(24)22-19-16-15-17-20-22;;/h15-17,19-20H,2-14,18,21H2,1H3;;. The summed E-state index contributed by atoms with van der Waals surface area (Å²) in [6, 6.07) is 9.23. The molecule has 26 heavy (non-hydrogen) atoms. The average Bonchev–Trinajstić information content (AvgIpc) is 2.65. The summed E-state index contributed by atoms with van der Waals surface area (Å²) in [4.78, 5) is 11.8. The summed E-state index contributed by atoms with van der Waals surface area (Å²) in [6.07, 6.45) is 18.8. The van der Waals surface area contributed by atoms with Gasteiger partial charge in [-0.15, -0.1) is 0 Å². The number of benzene rings is 1. The monoisotopic (exact) mass is 370 g/mol. The second kappa shape index (κ2) is 19.5. The van der Waals surface area contributed by atoms with E-state index in [1.54, 1.807) is 12.1 Å². The van der Waals surface area contributed by atoms with Gasteiger partial charge in [-0.1, -0.05) is 109 Å². The number of carbonyl (C=O) groups is 1. The first kappa shape index (κ1) is 25.7. The van der Waals surface area contributed by atoms with E-state index in [1.165, 1.54) is 83.5 Å². The van der Waals surface area contributed by atoms with Crippen molar-refractivity contribution in [3.63, 3.8) is 0 Å². The average molecular weight is 371 g/mol. The summed E-state index contributed by atoms with van der Waals surface area (Å²) in [5.41, 5.74) is 0.646. The number of hydrogen-bond acceptors (Lipinski definition) is 2. The molecule has 2 nitrogen and oxygen atoms in total. The molecule has 1 aromatic rings. The van der Waals surface area contributed by atoms with E-state index >= 15 is 0 Å². The van der Waals surface area contributed by atoms with Gasteiger partial charge in [0.25, 0.3) is 0 Å². The molecule has 0 aliphatic rings. The van der Waals surface area contributed by atoms with Gasteiger partial charge in [0.1, 0.15) is 0 Å². The molecule has 1 rings (SSSR count). The molecule has 0 spiro atoms. The molecule has 0 bridgehead atoms. The summed E-state index contributed by atoms with van der Waals surface area (Å²) in [6.45, 7) is 2.82.